The Morgan fingerprint density at radius 2 is 1.89 bits per heavy atom. The fraction of sp³-hybridized carbons (Fsp3) is 0.0769. The largest absolute Gasteiger partial charge is 0.310 e. The van der Waals surface area contributed by atoms with Gasteiger partial charge in [-0.1, -0.05) is 12.1 Å². The van der Waals surface area contributed by atoms with E-state index in [1.807, 2.05) is 0 Å². The van der Waals surface area contributed by atoms with E-state index in [0.29, 0.717) is 5.69 Å². The molecule has 5 heteroatoms. The Morgan fingerprint density at radius 3 is 2.56 bits per heavy atom. The van der Waals surface area contributed by atoms with Crippen molar-refractivity contribution in [1.82, 2.24) is 4.98 Å². The zero-order valence-corrected chi connectivity index (χ0v) is 9.60. The van der Waals surface area contributed by atoms with E-state index in [1.54, 1.807) is 6.07 Å². The SMILES string of the molecule is CN(C(=O)c1cccc(F)n1)c1cccc(F)c1. The molecule has 0 saturated carbocycles. The molecule has 0 N–H and O–H groups in total. The summed E-state index contributed by atoms with van der Waals surface area (Å²) in [6.07, 6.45) is 0. The number of hydrogen-bond donors (Lipinski definition) is 0. The number of pyridine rings is 1. The van der Waals surface area contributed by atoms with Gasteiger partial charge < -0.3 is 4.90 Å². The first kappa shape index (κ1) is 12.2. The summed E-state index contributed by atoms with van der Waals surface area (Å²) in [5.41, 5.74) is 0.354. The molecule has 0 radical (unpaired) electrons. The smallest absolute Gasteiger partial charge is 0.276 e. The Labute approximate surface area is 103 Å². The van der Waals surface area contributed by atoms with Crippen LogP contribution in [0, 0.1) is 11.8 Å². The van der Waals surface area contributed by atoms with Gasteiger partial charge in [0, 0.05) is 12.7 Å². The van der Waals surface area contributed by atoms with Crippen LogP contribution in [-0.4, -0.2) is 17.9 Å². The van der Waals surface area contributed by atoms with E-state index in [9.17, 15) is 13.6 Å². The average molecular weight is 248 g/mol. The summed E-state index contributed by atoms with van der Waals surface area (Å²) in [6.45, 7) is 0. The van der Waals surface area contributed by atoms with Gasteiger partial charge in [-0.2, -0.15) is 4.39 Å². The van der Waals surface area contributed by atoms with E-state index >= 15 is 0 Å². The molecule has 0 aliphatic rings. The Kier molecular flexibility index (Phi) is 3.32. The molecule has 18 heavy (non-hydrogen) atoms. The molecule has 0 unspecified atom stereocenters. The molecule has 2 aromatic rings. The van der Waals surface area contributed by atoms with E-state index in [1.165, 1.54) is 42.3 Å². The fourth-order valence-corrected chi connectivity index (χ4v) is 1.50. The Bertz CT molecular complexity index is 587. The Morgan fingerprint density at radius 1 is 1.17 bits per heavy atom. The maximum atomic E-state index is 13.0. The molecule has 0 saturated heterocycles. The van der Waals surface area contributed by atoms with Crippen LogP contribution in [0.15, 0.2) is 42.5 Å². The molecule has 0 bridgehead atoms. The third kappa shape index (κ3) is 2.51. The highest BCUT2D eigenvalue weighted by Gasteiger charge is 2.15. The number of aromatic nitrogens is 1. The van der Waals surface area contributed by atoms with Gasteiger partial charge in [0.25, 0.3) is 5.91 Å². The van der Waals surface area contributed by atoms with Crippen molar-refractivity contribution < 1.29 is 13.6 Å². The van der Waals surface area contributed by atoms with Crippen molar-refractivity contribution in [2.45, 2.75) is 0 Å². The summed E-state index contributed by atoms with van der Waals surface area (Å²) in [5.74, 6) is -1.67. The van der Waals surface area contributed by atoms with Crippen LogP contribution >= 0.6 is 0 Å². The van der Waals surface area contributed by atoms with Crippen molar-refractivity contribution in [1.29, 1.82) is 0 Å². The van der Waals surface area contributed by atoms with Crippen LogP contribution in [0.25, 0.3) is 0 Å². The molecule has 92 valence electrons. The number of hydrogen-bond acceptors (Lipinski definition) is 2. The van der Waals surface area contributed by atoms with Crippen LogP contribution in [0.5, 0.6) is 0 Å². The maximum absolute atomic E-state index is 13.0. The van der Waals surface area contributed by atoms with Crippen LogP contribution in [0.4, 0.5) is 14.5 Å². The van der Waals surface area contributed by atoms with Gasteiger partial charge in [-0.25, -0.2) is 9.37 Å². The number of anilines is 1. The maximum Gasteiger partial charge on any atom is 0.276 e. The molecule has 1 heterocycles. The number of rotatable bonds is 2. The second-order valence-corrected chi connectivity index (χ2v) is 3.69. The third-order valence-electron chi connectivity index (χ3n) is 2.43. The highest BCUT2D eigenvalue weighted by Crippen LogP contribution is 2.16. The van der Waals surface area contributed by atoms with Gasteiger partial charge in [0.05, 0.1) is 0 Å². The predicted octanol–water partition coefficient (Wildman–Crippen LogP) is 2.64. The molecular formula is C13H10F2N2O. The first-order valence-electron chi connectivity index (χ1n) is 5.24. The topological polar surface area (TPSA) is 33.2 Å². The van der Waals surface area contributed by atoms with Gasteiger partial charge in [-0.15, -0.1) is 0 Å². The van der Waals surface area contributed by atoms with E-state index in [2.05, 4.69) is 4.98 Å². The van der Waals surface area contributed by atoms with E-state index in [-0.39, 0.29) is 5.69 Å². The van der Waals surface area contributed by atoms with Crippen molar-refractivity contribution >= 4 is 11.6 Å². The van der Waals surface area contributed by atoms with Crippen molar-refractivity contribution in [2.24, 2.45) is 0 Å². The lowest BCUT2D eigenvalue weighted by atomic mass is 10.2. The second-order valence-electron chi connectivity index (χ2n) is 3.69. The standard InChI is InChI=1S/C13H10F2N2O/c1-17(10-5-2-4-9(14)8-10)13(18)11-6-3-7-12(15)16-11/h2-8H,1H3. The van der Waals surface area contributed by atoms with Gasteiger partial charge >= 0.3 is 0 Å². The zero-order valence-electron chi connectivity index (χ0n) is 9.60. The molecule has 0 fully saturated rings. The minimum Gasteiger partial charge on any atom is -0.310 e. The number of halogens is 2. The van der Waals surface area contributed by atoms with Crippen LogP contribution < -0.4 is 4.90 Å². The van der Waals surface area contributed by atoms with Crippen LogP contribution in [-0.2, 0) is 0 Å². The highest BCUT2D eigenvalue weighted by molar-refractivity contribution is 6.04. The van der Waals surface area contributed by atoms with E-state index < -0.39 is 17.7 Å². The molecule has 0 atom stereocenters. The van der Waals surface area contributed by atoms with Crippen molar-refractivity contribution in [3.05, 3.63) is 59.9 Å². The van der Waals surface area contributed by atoms with Gasteiger partial charge in [0.15, 0.2) is 0 Å². The molecule has 0 aliphatic heterocycles. The van der Waals surface area contributed by atoms with Crippen LogP contribution in [0.3, 0.4) is 0 Å². The molecule has 0 aliphatic carbocycles. The Balaban J connectivity index is 2.29. The molecule has 3 nitrogen and oxygen atoms in total. The van der Waals surface area contributed by atoms with Crippen molar-refractivity contribution in [2.75, 3.05) is 11.9 Å². The zero-order chi connectivity index (χ0) is 13.1. The third-order valence-corrected chi connectivity index (χ3v) is 2.43. The normalized spacial score (nSPS) is 10.2. The van der Waals surface area contributed by atoms with Crippen LogP contribution in [0.1, 0.15) is 10.5 Å². The van der Waals surface area contributed by atoms with Crippen molar-refractivity contribution in [3.63, 3.8) is 0 Å². The second kappa shape index (κ2) is 4.91. The Hall–Kier alpha value is -2.30. The number of amides is 1. The monoisotopic (exact) mass is 248 g/mol. The van der Waals surface area contributed by atoms with Crippen molar-refractivity contribution in [3.8, 4) is 0 Å². The van der Waals surface area contributed by atoms with E-state index in [4.69, 9.17) is 0 Å². The quantitative estimate of drug-likeness (QED) is 0.765. The summed E-state index contributed by atoms with van der Waals surface area (Å²) >= 11 is 0. The lowest BCUT2D eigenvalue weighted by Crippen LogP contribution is -2.27. The predicted molar refractivity (Wildman–Crippen MR) is 63.3 cm³/mol. The van der Waals surface area contributed by atoms with Gasteiger partial charge in [0.2, 0.25) is 5.95 Å². The van der Waals surface area contributed by atoms with Gasteiger partial charge in [0.1, 0.15) is 11.5 Å². The highest BCUT2D eigenvalue weighted by atomic mass is 19.1. The summed E-state index contributed by atoms with van der Waals surface area (Å²) in [5, 5.41) is 0. The average Bonchev–Trinajstić information content (AvgIpc) is 2.37. The molecule has 1 aromatic carbocycles. The summed E-state index contributed by atoms with van der Waals surface area (Å²) in [7, 11) is 1.48. The molecule has 1 aromatic heterocycles. The summed E-state index contributed by atoms with van der Waals surface area (Å²) in [6, 6.07) is 9.53. The molecule has 2 rings (SSSR count). The van der Waals surface area contributed by atoms with Crippen LogP contribution in [0.2, 0.25) is 0 Å². The minimum absolute atomic E-state index is 0.0261. The minimum atomic E-state index is -0.728. The van der Waals surface area contributed by atoms with Gasteiger partial charge in [-0.05, 0) is 30.3 Å². The lowest BCUT2D eigenvalue weighted by Gasteiger charge is -2.16. The molecular weight excluding hydrogens is 238 g/mol. The number of nitrogens with zero attached hydrogens (tertiary/aromatic N) is 2. The first-order chi connectivity index (χ1) is 8.58. The molecule has 1 amide bonds. The summed E-state index contributed by atoms with van der Waals surface area (Å²) < 4.78 is 26.0. The van der Waals surface area contributed by atoms with E-state index in [0.717, 1.165) is 6.07 Å². The fourth-order valence-electron chi connectivity index (χ4n) is 1.50. The first-order valence-corrected chi connectivity index (χ1v) is 5.24. The number of benzene rings is 1. The summed E-state index contributed by atoms with van der Waals surface area (Å²) in [4.78, 5) is 16.7. The molecule has 0 spiro atoms. The number of carbonyl (C=O) groups excluding carboxylic acids is 1. The van der Waals surface area contributed by atoms with Gasteiger partial charge in [-0.3, -0.25) is 4.79 Å². The lowest BCUT2D eigenvalue weighted by molar-refractivity contribution is 0.0987. The number of carbonyl (C=O) groups is 1.